The zero-order valence-corrected chi connectivity index (χ0v) is 6.75. The largest absolute Gasteiger partial charge is 0.264 e. The molecular formula is C9H13N2. The summed E-state index contributed by atoms with van der Waals surface area (Å²) in [5.74, 6) is 0. The van der Waals surface area contributed by atoms with Crippen LogP contribution in [0.15, 0.2) is 24.5 Å². The van der Waals surface area contributed by atoms with Crippen molar-refractivity contribution >= 4 is 0 Å². The molecule has 1 atom stereocenters. The molecule has 0 spiro atoms. The van der Waals surface area contributed by atoms with Gasteiger partial charge in [-0.25, -0.2) is 0 Å². The molecule has 1 aromatic rings. The van der Waals surface area contributed by atoms with Crippen molar-refractivity contribution in [3.05, 3.63) is 30.1 Å². The van der Waals surface area contributed by atoms with Crippen molar-refractivity contribution in [3.8, 4) is 0 Å². The van der Waals surface area contributed by atoms with E-state index in [1.54, 1.807) is 6.20 Å². The smallest absolute Gasteiger partial charge is 0.0300 e. The number of nitrogens with zero attached hydrogens (tertiary/aromatic N) is 1. The highest BCUT2D eigenvalue weighted by atomic mass is 14.6. The predicted octanol–water partition coefficient (Wildman–Crippen LogP) is 1.69. The average Bonchev–Trinajstić information content (AvgIpc) is 2.06. The third-order valence-electron chi connectivity index (χ3n) is 1.70. The Bertz CT molecular complexity index is 196. The zero-order valence-electron chi connectivity index (χ0n) is 6.75. The maximum Gasteiger partial charge on any atom is 0.0300 e. The van der Waals surface area contributed by atoms with Crippen LogP contribution in [-0.4, -0.2) is 11.0 Å². The first-order valence-electron chi connectivity index (χ1n) is 3.93. The molecule has 0 aliphatic rings. The summed E-state index contributed by atoms with van der Waals surface area (Å²) in [6.45, 7) is 2.04. The Kier molecular flexibility index (Phi) is 3.05. The molecule has 2 nitrogen and oxygen atoms in total. The first-order valence-corrected chi connectivity index (χ1v) is 3.93. The molecule has 0 fully saturated rings. The molecule has 0 amide bonds. The monoisotopic (exact) mass is 149 g/mol. The molecule has 0 bridgehead atoms. The highest BCUT2D eigenvalue weighted by Gasteiger charge is 2.00. The molecule has 59 valence electrons. The summed E-state index contributed by atoms with van der Waals surface area (Å²) in [5, 5.41) is 0. The third kappa shape index (κ3) is 2.68. The second-order valence-corrected chi connectivity index (χ2v) is 2.67. The number of hydrogen-bond acceptors (Lipinski definition) is 1. The van der Waals surface area contributed by atoms with Gasteiger partial charge in [-0.15, -0.1) is 0 Å². The topological polar surface area (TPSA) is 36.7 Å². The van der Waals surface area contributed by atoms with Crippen LogP contribution < -0.4 is 5.73 Å². The molecule has 0 saturated heterocycles. The molecule has 1 aromatic heterocycles. The second-order valence-electron chi connectivity index (χ2n) is 2.67. The number of nitrogens with one attached hydrogen (secondary N) is 1. The molecule has 0 aliphatic heterocycles. The molecule has 0 aromatic carbocycles. The van der Waals surface area contributed by atoms with Crippen LogP contribution in [0.3, 0.4) is 0 Å². The van der Waals surface area contributed by atoms with Crippen molar-refractivity contribution in [1.29, 1.82) is 0 Å². The van der Waals surface area contributed by atoms with Gasteiger partial charge in [0.1, 0.15) is 0 Å². The van der Waals surface area contributed by atoms with Crippen LogP contribution in [0.5, 0.6) is 0 Å². The Morgan fingerprint density at radius 2 is 2.45 bits per heavy atom. The summed E-state index contributed by atoms with van der Waals surface area (Å²) in [6, 6.07) is 3.96. The lowest BCUT2D eigenvalue weighted by atomic mass is 10.1. The van der Waals surface area contributed by atoms with E-state index >= 15 is 0 Å². The highest BCUT2D eigenvalue weighted by molar-refractivity contribution is 5.09. The lowest BCUT2D eigenvalue weighted by Gasteiger charge is -2.05. The fourth-order valence-corrected chi connectivity index (χ4v) is 0.948. The summed E-state index contributed by atoms with van der Waals surface area (Å²) in [5.41, 5.74) is 8.69. The van der Waals surface area contributed by atoms with Crippen LogP contribution in [0.1, 0.15) is 18.9 Å². The molecule has 1 N–H and O–H groups in total. The zero-order chi connectivity index (χ0) is 8.10. The standard InChI is InChI=1S/C9H13N2/c1-2-9(10)6-8-4-3-5-11-7-8/h3-5,7,9-10H,2,6H2,1H3. The van der Waals surface area contributed by atoms with Gasteiger partial charge in [0.2, 0.25) is 0 Å². The normalized spacial score (nSPS) is 12.9. The van der Waals surface area contributed by atoms with Gasteiger partial charge in [-0.1, -0.05) is 13.0 Å². The minimum atomic E-state index is 0.0270. The first-order chi connectivity index (χ1) is 5.33. The van der Waals surface area contributed by atoms with E-state index in [0.717, 1.165) is 18.4 Å². The van der Waals surface area contributed by atoms with Crippen LogP contribution in [0.2, 0.25) is 0 Å². The highest BCUT2D eigenvalue weighted by Crippen LogP contribution is 2.02. The summed E-state index contributed by atoms with van der Waals surface area (Å²) in [4.78, 5) is 3.99. The van der Waals surface area contributed by atoms with Crippen molar-refractivity contribution in [2.45, 2.75) is 25.8 Å². The Hall–Kier alpha value is -0.890. The number of aromatic nitrogens is 1. The van der Waals surface area contributed by atoms with Gasteiger partial charge in [-0.05, 0) is 24.5 Å². The molecule has 1 unspecified atom stereocenters. The predicted molar refractivity (Wildman–Crippen MR) is 45.1 cm³/mol. The van der Waals surface area contributed by atoms with Gasteiger partial charge in [-0.2, -0.15) is 0 Å². The molecule has 0 saturated carbocycles. The van der Waals surface area contributed by atoms with Crippen LogP contribution in [0.25, 0.3) is 0 Å². The minimum Gasteiger partial charge on any atom is -0.264 e. The summed E-state index contributed by atoms with van der Waals surface area (Å²) in [6.07, 6.45) is 5.32. The minimum absolute atomic E-state index is 0.0270. The first kappa shape index (κ1) is 8.21. The number of rotatable bonds is 3. The van der Waals surface area contributed by atoms with E-state index in [1.807, 2.05) is 25.3 Å². The van der Waals surface area contributed by atoms with Gasteiger partial charge in [0.15, 0.2) is 0 Å². The average molecular weight is 149 g/mol. The van der Waals surface area contributed by atoms with E-state index in [9.17, 15) is 0 Å². The van der Waals surface area contributed by atoms with E-state index in [4.69, 9.17) is 5.73 Å². The number of hydrogen-bond donors (Lipinski definition) is 0. The fraction of sp³-hybridized carbons (Fsp3) is 0.444. The van der Waals surface area contributed by atoms with Gasteiger partial charge in [0.25, 0.3) is 0 Å². The van der Waals surface area contributed by atoms with E-state index in [1.165, 1.54) is 0 Å². The van der Waals surface area contributed by atoms with E-state index < -0.39 is 0 Å². The Morgan fingerprint density at radius 1 is 1.64 bits per heavy atom. The van der Waals surface area contributed by atoms with Crippen LogP contribution in [-0.2, 0) is 6.42 Å². The lowest BCUT2D eigenvalue weighted by molar-refractivity contribution is 0.626. The van der Waals surface area contributed by atoms with Gasteiger partial charge in [0, 0.05) is 18.4 Å². The molecule has 1 heterocycles. The molecule has 1 rings (SSSR count). The fourth-order valence-electron chi connectivity index (χ4n) is 0.948. The molecule has 11 heavy (non-hydrogen) atoms. The maximum atomic E-state index is 7.53. The Balaban J connectivity index is 2.51. The van der Waals surface area contributed by atoms with Crippen LogP contribution >= 0.6 is 0 Å². The van der Waals surface area contributed by atoms with E-state index in [2.05, 4.69) is 4.98 Å². The van der Waals surface area contributed by atoms with Crippen LogP contribution in [0.4, 0.5) is 0 Å². The van der Waals surface area contributed by atoms with Gasteiger partial charge < -0.3 is 0 Å². The van der Waals surface area contributed by atoms with Crippen molar-refractivity contribution in [3.63, 3.8) is 0 Å². The third-order valence-corrected chi connectivity index (χ3v) is 1.70. The van der Waals surface area contributed by atoms with E-state index in [0.29, 0.717) is 0 Å². The molecular weight excluding hydrogens is 136 g/mol. The van der Waals surface area contributed by atoms with Crippen molar-refractivity contribution in [2.24, 2.45) is 0 Å². The summed E-state index contributed by atoms with van der Waals surface area (Å²) < 4.78 is 0. The summed E-state index contributed by atoms with van der Waals surface area (Å²) in [7, 11) is 0. The quantitative estimate of drug-likeness (QED) is 0.644. The second kappa shape index (κ2) is 4.09. The number of pyridine rings is 1. The van der Waals surface area contributed by atoms with Crippen molar-refractivity contribution in [1.82, 2.24) is 10.7 Å². The van der Waals surface area contributed by atoms with Crippen molar-refractivity contribution < 1.29 is 0 Å². The summed E-state index contributed by atoms with van der Waals surface area (Å²) >= 11 is 0. The van der Waals surface area contributed by atoms with Gasteiger partial charge in [0.05, 0.1) is 0 Å². The molecule has 1 radical (unpaired) electrons. The SMILES string of the molecule is CCC([NH])Cc1cccnc1. The maximum absolute atomic E-state index is 7.53. The van der Waals surface area contributed by atoms with Gasteiger partial charge in [-0.3, -0.25) is 10.7 Å². The van der Waals surface area contributed by atoms with E-state index in [-0.39, 0.29) is 6.04 Å². The van der Waals surface area contributed by atoms with Crippen LogP contribution in [0, 0.1) is 0 Å². The van der Waals surface area contributed by atoms with Crippen molar-refractivity contribution in [2.75, 3.05) is 0 Å². The lowest BCUT2D eigenvalue weighted by Crippen LogP contribution is -2.10. The Labute approximate surface area is 67.5 Å². The molecule has 0 aliphatic carbocycles. The Morgan fingerprint density at radius 3 is 3.00 bits per heavy atom. The van der Waals surface area contributed by atoms with Gasteiger partial charge >= 0.3 is 0 Å². The molecule has 2 heteroatoms.